The molecule has 2 heterocycles. The minimum Gasteiger partial charge on any atom is -0.461 e. The summed E-state index contributed by atoms with van der Waals surface area (Å²) in [5.74, 6) is 1.13. The molecule has 1 fully saturated rings. The van der Waals surface area contributed by atoms with Crippen molar-refractivity contribution in [3.05, 3.63) is 35.6 Å². The molecule has 0 bridgehead atoms. The topological polar surface area (TPSA) is 42.2 Å². The summed E-state index contributed by atoms with van der Waals surface area (Å²) in [6, 6.07) is 8.33. The number of para-hydroxylation sites is 1. The first-order valence-electron chi connectivity index (χ1n) is 6.00. The molecule has 3 rings (SSSR count). The van der Waals surface area contributed by atoms with Crippen molar-refractivity contribution in [1.82, 2.24) is 5.32 Å². The van der Waals surface area contributed by atoms with Crippen LogP contribution < -0.4 is 5.32 Å². The third-order valence-electron chi connectivity index (χ3n) is 3.44. The van der Waals surface area contributed by atoms with Crippen LogP contribution in [0, 0.1) is 6.92 Å². The zero-order valence-corrected chi connectivity index (χ0v) is 9.82. The summed E-state index contributed by atoms with van der Waals surface area (Å²) < 4.78 is 5.72. The van der Waals surface area contributed by atoms with Crippen molar-refractivity contribution in [2.75, 3.05) is 0 Å². The van der Waals surface area contributed by atoms with Crippen LogP contribution in [0.4, 0.5) is 0 Å². The van der Waals surface area contributed by atoms with Crippen molar-refractivity contribution in [2.45, 2.75) is 32.2 Å². The van der Waals surface area contributed by atoms with E-state index in [4.69, 9.17) is 4.42 Å². The van der Waals surface area contributed by atoms with Gasteiger partial charge >= 0.3 is 0 Å². The second-order valence-corrected chi connectivity index (χ2v) is 4.64. The molecule has 1 amide bonds. The van der Waals surface area contributed by atoms with Gasteiger partial charge in [-0.15, -0.1) is 0 Å². The van der Waals surface area contributed by atoms with E-state index in [1.165, 1.54) is 10.9 Å². The number of nitrogens with one attached hydrogen (secondary N) is 1. The average Bonchev–Trinajstić information content (AvgIpc) is 2.85. The van der Waals surface area contributed by atoms with E-state index in [2.05, 4.69) is 11.4 Å². The second-order valence-electron chi connectivity index (χ2n) is 4.64. The second kappa shape index (κ2) is 3.91. The lowest BCUT2D eigenvalue weighted by atomic mass is 10.0. The van der Waals surface area contributed by atoms with Crippen LogP contribution in [0.15, 0.2) is 28.7 Å². The van der Waals surface area contributed by atoms with E-state index in [-0.39, 0.29) is 11.9 Å². The molecule has 0 aliphatic carbocycles. The summed E-state index contributed by atoms with van der Waals surface area (Å²) in [5.41, 5.74) is 2.16. The molecular weight excluding hydrogens is 214 g/mol. The van der Waals surface area contributed by atoms with Gasteiger partial charge in [0.15, 0.2) is 0 Å². The first kappa shape index (κ1) is 10.4. The highest BCUT2D eigenvalue weighted by atomic mass is 16.3. The van der Waals surface area contributed by atoms with Gasteiger partial charge in [-0.05, 0) is 25.8 Å². The SMILES string of the molecule is Cc1oc2ccccc2c1CC1CCC(=O)N1. The summed E-state index contributed by atoms with van der Waals surface area (Å²) in [4.78, 5) is 11.2. The third-order valence-corrected chi connectivity index (χ3v) is 3.44. The molecule has 1 atom stereocenters. The van der Waals surface area contributed by atoms with Gasteiger partial charge in [0.05, 0.1) is 0 Å². The fourth-order valence-electron chi connectivity index (χ4n) is 2.55. The molecule has 1 aromatic heterocycles. The largest absolute Gasteiger partial charge is 0.461 e. The Morgan fingerprint density at radius 2 is 2.24 bits per heavy atom. The van der Waals surface area contributed by atoms with E-state index < -0.39 is 0 Å². The number of benzene rings is 1. The van der Waals surface area contributed by atoms with Gasteiger partial charge in [-0.1, -0.05) is 18.2 Å². The fourth-order valence-corrected chi connectivity index (χ4v) is 2.55. The van der Waals surface area contributed by atoms with Gasteiger partial charge in [-0.3, -0.25) is 4.79 Å². The van der Waals surface area contributed by atoms with Crippen molar-refractivity contribution < 1.29 is 9.21 Å². The number of fused-ring (bicyclic) bond motifs is 1. The Morgan fingerprint density at radius 1 is 1.41 bits per heavy atom. The number of hydrogen-bond donors (Lipinski definition) is 1. The summed E-state index contributed by atoms with van der Waals surface area (Å²) in [7, 11) is 0. The van der Waals surface area contributed by atoms with Crippen LogP contribution in [0.1, 0.15) is 24.2 Å². The van der Waals surface area contributed by atoms with E-state index in [9.17, 15) is 4.79 Å². The number of furan rings is 1. The molecule has 1 unspecified atom stereocenters. The Hall–Kier alpha value is -1.77. The highest BCUT2D eigenvalue weighted by Gasteiger charge is 2.23. The minimum atomic E-state index is 0.167. The molecule has 1 saturated heterocycles. The molecule has 2 aromatic rings. The lowest BCUT2D eigenvalue weighted by molar-refractivity contribution is -0.119. The van der Waals surface area contributed by atoms with E-state index >= 15 is 0 Å². The molecule has 1 aromatic carbocycles. The number of carbonyl (C=O) groups excluding carboxylic acids is 1. The van der Waals surface area contributed by atoms with Gasteiger partial charge in [0, 0.05) is 23.4 Å². The highest BCUT2D eigenvalue weighted by Crippen LogP contribution is 2.27. The summed E-state index contributed by atoms with van der Waals surface area (Å²) >= 11 is 0. The number of hydrogen-bond acceptors (Lipinski definition) is 2. The number of amides is 1. The Bertz CT molecular complexity index is 571. The molecule has 1 N–H and O–H groups in total. The zero-order chi connectivity index (χ0) is 11.8. The minimum absolute atomic E-state index is 0.167. The predicted octanol–water partition coefficient (Wildman–Crippen LogP) is 2.56. The van der Waals surface area contributed by atoms with E-state index in [1.807, 2.05) is 25.1 Å². The van der Waals surface area contributed by atoms with Gasteiger partial charge in [0.25, 0.3) is 0 Å². The molecule has 1 aliphatic heterocycles. The van der Waals surface area contributed by atoms with E-state index in [0.29, 0.717) is 6.42 Å². The smallest absolute Gasteiger partial charge is 0.220 e. The van der Waals surface area contributed by atoms with Gasteiger partial charge in [-0.2, -0.15) is 0 Å². The maximum Gasteiger partial charge on any atom is 0.220 e. The van der Waals surface area contributed by atoms with Crippen LogP contribution in [0.3, 0.4) is 0 Å². The Balaban J connectivity index is 1.94. The van der Waals surface area contributed by atoms with Gasteiger partial charge in [-0.25, -0.2) is 0 Å². The molecule has 0 radical (unpaired) electrons. The van der Waals surface area contributed by atoms with Gasteiger partial charge in [0.2, 0.25) is 5.91 Å². The van der Waals surface area contributed by atoms with Crippen LogP contribution in [0.5, 0.6) is 0 Å². The number of carbonyl (C=O) groups is 1. The predicted molar refractivity (Wildman–Crippen MR) is 65.8 cm³/mol. The van der Waals surface area contributed by atoms with E-state index in [0.717, 1.165) is 24.2 Å². The standard InChI is InChI=1S/C14H15NO2/c1-9-12(8-10-6-7-14(16)15-10)11-4-2-3-5-13(11)17-9/h2-5,10H,6-8H2,1H3,(H,15,16). The molecule has 0 saturated carbocycles. The van der Waals surface area contributed by atoms with Crippen LogP contribution in [0.25, 0.3) is 11.0 Å². The summed E-state index contributed by atoms with van der Waals surface area (Å²) in [5, 5.41) is 4.18. The molecule has 88 valence electrons. The third kappa shape index (κ3) is 1.82. The average molecular weight is 229 g/mol. The Morgan fingerprint density at radius 3 is 3.00 bits per heavy atom. The number of aryl methyl sites for hydroxylation is 1. The molecule has 17 heavy (non-hydrogen) atoms. The van der Waals surface area contributed by atoms with Crippen LogP contribution in [-0.4, -0.2) is 11.9 Å². The Labute approximate surface area is 99.8 Å². The maximum absolute atomic E-state index is 11.2. The fraction of sp³-hybridized carbons (Fsp3) is 0.357. The lowest BCUT2D eigenvalue weighted by Gasteiger charge is -2.09. The molecular formula is C14H15NO2. The normalized spacial score (nSPS) is 19.8. The summed E-state index contributed by atoms with van der Waals surface area (Å²) in [6.07, 6.45) is 2.45. The summed E-state index contributed by atoms with van der Waals surface area (Å²) in [6.45, 7) is 1.99. The first-order chi connectivity index (χ1) is 8.24. The molecule has 0 spiro atoms. The van der Waals surface area contributed by atoms with Crippen LogP contribution >= 0.6 is 0 Å². The first-order valence-corrected chi connectivity index (χ1v) is 6.00. The monoisotopic (exact) mass is 229 g/mol. The van der Waals surface area contributed by atoms with Crippen molar-refractivity contribution >= 4 is 16.9 Å². The molecule has 3 nitrogen and oxygen atoms in total. The highest BCUT2D eigenvalue weighted by molar-refractivity contribution is 5.83. The van der Waals surface area contributed by atoms with Gasteiger partial charge < -0.3 is 9.73 Å². The van der Waals surface area contributed by atoms with Crippen molar-refractivity contribution in [1.29, 1.82) is 0 Å². The maximum atomic E-state index is 11.2. The number of rotatable bonds is 2. The van der Waals surface area contributed by atoms with Crippen molar-refractivity contribution in [3.8, 4) is 0 Å². The lowest BCUT2D eigenvalue weighted by Crippen LogP contribution is -2.27. The van der Waals surface area contributed by atoms with Crippen LogP contribution in [-0.2, 0) is 11.2 Å². The van der Waals surface area contributed by atoms with Crippen molar-refractivity contribution in [3.63, 3.8) is 0 Å². The quantitative estimate of drug-likeness (QED) is 0.860. The van der Waals surface area contributed by atoms with Crippen molar-refractivity contribution in [2.24, 2.45) is 0 Å². The van der Waals surface area contributed by atoms with E-state index in [1.54, 1.807) is 0 Å². The van der Waals surface area contributed by atoms with Crippen LogP contribution in [0.2, 0.25) is 0 Å². The van der Waals surface area contributed by atoms with Gasteiger partial charge in [0.1, 0.15) is 11.3 Å². The molecule has 3 heteroatoms. The molecule has 1 aliphatic rings. The zero-order valence-electron chi connectivity index (χ0n) is 9.82. The Kier molecular flexibility index (Phi) is 2.39.